The van der Waals surface area contributed by atoms with Gasteiger partial charge in [-0.15, -0.1) is 0 Å². The number of fused-ring (bicyclic) bond motifs is 6. The molecule has 2 aliphatic heterocycles. The number of aryl methyl sites for hydroxylation is 2. The van der Waals surface area contributed by atoms with Crippen LogP contribution in [0.2, 0.25) is 36.3 Å². The fraction of sp³-hybridized carbons (Fsp3) is 0.391. The molecule has 13 heteroatoms. The van der Waals surface area contributed by atoms with E-state index in [0.29, 0.717) is 37.0 Å². The van der Waals surface area contributed by atoms with Crippen molar-refractivity contribution in [3.05, 3.63) is 191 Å². The minimum absolute atomic E-state index is 0.0681. The van der Waals surface area contributed by atoms with Crippen molar-refractivity contribution in [1.82, 2.24) is 0 Å². The van der Waals surface area contributed by atoms with E-state index in [1.165, 1.54) is 29.8 Å². The number of benzene rings is 6. The highest BCUT2D eigenvalue weighted by atomic mass is 31.2. The summed E-state index contributed by atoms with van der Waals surface area (Å²) < 4.78 is 91.4. The van der Waals surface area contributed by atoms with Crippen molar-refractivity contribution >= 4 is 40.2 Å². The summed E-state index contributed by atoms with van der Waals surface area (Å²) in [6.07, 6.45) is -2.70. The lowest BCUT2D eigenvalue weighted by Gasteiger charge is -2.38. The number of carbonyl (C=O) groups is 1. The van der Waals surface area contributed by atoms with Gasteiger partial charge in [0.15, 0.2) is 0 Å². The number of hydrogen-bond acceptors (Lipinski definition) is 6. The first-order valence-electron chi connectivity index (χ1n) is 26.8. The Balaban J connectivity index is 0.000000164. The Labute approximate surface area is 456 Å². The zero-order chi connectivity index (χ0) is 55.8. The first-order chi connectivity index (χ1) is 36.2. The van der Waals surface area contributed by atoms with E-state index < -0.39 is 36.0 Å². The van der Waals surface area contributed by atoms with Crippen molar-refractivity contribution < 1.29 is 45.2 Å². The van der Waals surface area contributed by atoms with Crippen LogP contribution in [0.5, 0.6) is 23.0 Å². The fourth-order valence-corrected chi connectivity index (χ4v) is 14.5. The number of ether oxygens (including phenoxy) is 2. The normalized spacial score (nSPS) is 20.9. The quantitative estimate of drug-likeness (QED) is 0.0816. The molecule has 0 spiro atoms. The molecule has 2 saturated carbocycles. The first kappa shape index (κ1) is 57.5. The van der Waals surface area contributed by atoms with Gasteiger partial charge in [-0.05, 0) is 128 Å². The van der Waals surface area contributed by atoms with Crippen LogP contribution in [0.15, 0.2) is 157 Å². The van der Waals surface area contributed by atoms with Gasteiger partial charge in [0.1, 0.15) is 41.0 Å². The number of rotatable bonds is 9. The zero-order valence-corrected chi connectivity index (χ0v) is 49.5. The van der Waals surface area contributed by atoms with Gasteiger partial charge in [0.05, 0.1) is 0 Å². The van der Waals surface area contributed by atoms with Crippen LogP contribution < -0.4 is 28.9 Å². The fourth-order valence-electron chi connectivity index (χ4n) is 10.5. The summed E-state index contributed by atoms with van der Waals surface area (Å²) in [5, 5.41) is 0.658. The van der Waals surface area contributed by atoms with Crippen LogP contribution >= 0.6 is 7.14 Å². The molecule has 77 heavy (non-hydrogen) atoms. The Kier molecular flexibility index (Phi) is 16.9. The van der Waals surface area contributed by atoms with E-state index >= 15 is 0 Å². The molecule has 0 saturated heterocycles. The molecule has 2 fully saturated rings. The van der Waals surface area contributed by atoms with Gasteiger partial charge in [-0.25, -0.2) is 8.78 Å². The third kappa shape index (κ3) is 12.5. The summed E-state index contributed by atoms with van der Waals surface area (Å²) in [5.74, 6) is 4.32. The zero-order valence-electron chi connectivity index (χ0n) is 46.6. The summed E-state index contributed by atoms with van der Waals surface area (Å²) in [5.41, 5.74) is 7.00. The van der Waals surface area contributed by atoms with Crippen molar-refractivity contribution in [3.8, 4) is 23.0 Å². The Morgan fingerprint density at radius 1 is 0.558 bits per heavy atom. The van der Waals surface area contributed by atoms with Crippen LogP contribution in [0.3, 0.4) is 0 Å². The Hall–Kier alpha value is -5.69. The van der Waals surface area contributed by atoms with Crippen molar-refractivity contribution in [3.63, 3.8) is 0 Å². The second kappa shape index (κ2) is 22.6. The predicted octanol–water partition coefficient (Wildman–Crippen LogP) is 18.0. The first-order valence-corrected chi connectivity index (χ1v) is 34.4. The largest absolute Gasteiger partial charge is 0.544 e. The van der Waals surface area contributed by atoms with Crippen molar-refractivity contribution in [2.24, 2.45) is 11.8 Å². The molecular formula is C64H75F4O6PSi2. The third-order valence-corrected chi connectivity index (χ3v) is 28.3. The molecule has 0 amide bonds. The van der Waals surface area contributed by atoms with Gasteiger partial charge in [-0.3, -0.25) is 4.79 Å². The number of hydrogen-bond donors (Lipinski definition) is 0. The molecule has 6 nitrogen and oxygen atoms in total. The minimum Gasteiger partial charge on any atom is -0.544 e. The minimum atomic E-state index is -3.83. The molecular weight excluding hydrogens is 1030 g/mol. The SMILES string of the molecule is CC(C)(C)[Si](C)(C)Oc1ccc([C@@H]2Oc3ccc(O[Si](C)(C)C(C)(C)C)cc3[C@@H]3CC(=O)C[C@@H]32)cc1.Cc1ccc([C@@H]2Oc3ccc(C)cc3[C@@H]3CC(=C(F)F)C[C@@H]32)cc1.O=P(c1ccccc1)(c1ccccc1)C(F)F. The monoisotopic (exact) mass is 1100 g/mol. The van der Waals surface area contributed by atoms with Gasteiger partial charge in [0.2, 0.25) is 23.8 Å². The average Bonchev–Trinajstić information content (AvgIpc) is 4.06. The predicted molar refractivity (Wildman–Crippen MR) is 309 cm³/mol. The van der Waals surface area contributed by atoms with Crippen LogP contribution in [-0.2, 0) is 9.36 Å². The molecule has 0 radical (unpaired) electrons. The van der Waals surface area contributed by atoms with Gasteiger partial charge >= 0.3 is 0 Å². The topological polar surface area (TPSA) is 71.1 Å². The van der Waals surface area contributed by atoms with E-state index in [0.717, 1.165) is 50.8 Å². The lowest BCUT2D eigenvalue weighted by Crippen LogP contribution is -2.43. The average molecular weight is 1100 g/mol. The highest BCUT2D eigenvalue weighted by Gasteiger charge is 2.48. The van der Waals surface area contributed by atoms with Crippen LogP contribution in [0.4, 0.5) is 17.6 Å². The second-order valence-corrected chi connectivity index (χ2v) is 36.6. The number of allylic oxidation sites excluding steroid dienone is 1. The van der Waals surface area contributed by atoms with Crippen molar-refractivity contribution in [2.75, 3.05) is 0 Å². The number of alkyl halides is 2. The highest BCUT2D eigenvalue weighted by Crippen LogP contribution is 2.57. The maximum absolute atomic E-state index is 13.3. The summed E-state index contributed by atoms with van der Waals surface area (Å²) in [6.45, 7) is 26.6. The Morgan fingerprint density at radius 3 is 1.48 bits per heavy atom. The highest BCUT2D eigenvalue weighted by molar-refractivity contribution is 7.79. The summed E-state index contributed by atoms with van der Waals surface area (Å²) >= 11 is 0. The lowest BCUT2D eigenvalue weighted by atomic mass is 9.79. The van der Waals surface area contributed by atoms with Crippen molar-refractivity contribution in [1.29, 1.82) is 0 Å². The van der Waals surface area contributed by atoms with E-state index in [9.17, 15) is 26.9 Å². The standard InChI is InChI=1S/C30H44O4Si2.C21H20F2O.C13H11F2OP/c1-29(2,3)35(7,8)33-22-13-11-20(12-14-22)28-26-18-21(31)17-24(26)25-19-23(15-16-27(25)32-28)34-36(9,10)30(4,5)6;1-12-3-6-14(7-4-12)20-18-11-15(21(22)23)10-16(18)17-9-13(2)5-8-19(17)24-20;14-13(15)17(16,11-7-3-1-4-8-11)12-9-5-2-6-10-12/h11-16,19,24,26,28H,17-18H2,1-10H3;3-9,16,18,20H,10-11H2,1-2H3;1-10,13H/t24-,26-,28-;16-,18-,20-;/m00./s1. The second-order valence-electron chi connectivity index (χ2n) is 24.4. The van der Waals surface area contributed by atoms with Crippen LogP contribution in [-0.4, -0.2) is 28.6 Å². The molecule has 6 aromatic rings. The molecule has 6 atom stereocenters. The molecule has 2 aliphatic carbocycles. The molecule has 6 aromatic carbocycles. The molecule has 2 heterocycles. The van der Waals surface area contributed by atoms with Gasteiger partial charge in [-0.2, -0.15) is 8.78 Å². The molecule has 0 bridgehead atoms. The molecule has 0 N–H and O–H groups in total. The van der Waals surface area contributed by atoms with Crippen molar-refractivity contribution in [2.45, 2.75) is 148 Å². The van der Waals surface area contributed by atoms with E-state index in [2.05, 4.69) is 128 Å². The van der Waals surface area contributed by atoms with Gasteiger partial charge in [0.25, 0.3) is 12.2 Å². The maximum Gasteiger partial charge on any atom is 0.296 e. The summed E-state index contributed by atoms with van der Waals surface area (Å²) in [6, 6.07) is 44.7. The summed E-state index contributed by atoms with van der Waals surface area (Å²) in [4.78, 5) is 12.7. The van der Waals surface area contributed by atoms with Gasteiger partial charge < -0.3 is 22.9 Å². The van der Waals surface area contributed by atoms with E-state index in [1.807, 2.05) is 38.1 Å². The van der Waals surface area contributed by atoms with Crippen LogP contribution in [0, 0.1) is 25.7 Å². The molecule has 4 aliphatic rings. The van der Waals surface area contributed by atoms with E-state index in [1.54, 1.807) is 36.4 Å². The van der Waals surface area contributed by atoms with Crippen LogP contribution in [0.25, 0.3) is 0 Å². The number of ketones is 1. The number of carbonyl (C=O) groups excluding carboxylic acids is 1. The lowest BCUT2D eigenvalue weighted by molar-refractivity contribution is -0.117. The van der Waals surface area contributed by atoms with E-state index in [4.69, 9.17) is 18.3 Å². The van der Waals surface area contributed by atoms with Gasteiger partial charge in [0, 0.05) is 46.8 Å². The van der Waals surface area contributed by atoms with Gasteiger partial charge in [-0.1, -0.05) is 162 Å². The smallest absolute Gasteiger partial charge is 0.296 e. The van der Waals surface area contributed by atoms with Crippen LogP contribution in [0.1, 0.15) is 125 Å². The Morgan fingerprint density at radius 2 is 0.987 bits per heavy atom. The molecule has 408 valence electrons. The summed E-state index contributed by atoms with van der Waals surface area (Å²) in [7, 11) is -7.69. The Bertz CT molecular complexity index is 3070. The molecule has 0 unspecified atom stereocenters. The number of Topliss-reactive ketones (excluding diaryl/α,β-unsaturated/α-hetero) is 1. The molecule has 0 aromatic heterocycles. The molecule has 10 rings (SSSR count). The van der Waals surface area contributed by atoms with E-state index in [-0.39, 0.29) is 56.6 Å². The maximum atomic E-state index is 13.3. The third-order valence-electron chi connectivity index (χ3n) is 16.9. The number of halogens is 4.